The first-order valence-electron chi connectivity index (χ1n) is 7.09. The molecule has 1 N–H and O–H groups in total. The molecular formula is C15H27NS. The number of thiophene rings is 1. The van der Waals surface area contributed by atoms with Crippen LogP contribution in [0.25, 0.3) is 0 Å². The Morgan fingerprint density at radius 1 is 1.12 bits per heavy atom. The number of nitrogens with one attached hydrogen (secondary N) is 1. The predicted molar refractivity (Wildman–Crippen MR) is 78.7 cm³/mol. The molecule has 1 heterocycles. The van der Waals surface area contributed by atoms with Crippen LogP contribution in [-0.4, -0.2) is 7.05 Å². The Balaban J connectivity index is 2.04. The van der Waals surface area contributed by atoms with E-state index in [9.17, 15) is 0 Å². The Hall–Kier alpha value is -0.340. The second-order valence-electron chi connectivity index (χ2n) is 4.77. The third-order valence-electron chi connectivity index (χ3n) is 3.33. The van der Waals surface area contributed by atoms with Crippen molar-refractivity contribution < 1.29 is 0 Å². The fourth-order valence-electron chi connectivity index (χ4n) is 2.22. The van der Waals surface area contributed by atoms with E-state index in [0.717, 1.165) is 0 Å². The summed E-state index contributed by atoms with van der Waals surface area (Å²) in [5.41, 5.74) is 0. The van der Waals surface area contributed by atoms with Gasteiger partial charge in [-0.2, -0.15) is 0 Å². The maximum atomic E-state index is 3.43. The van der Waals surface area contributed by atoms with Gasteiger partial charge in [-0.15, -0.1) is 11.3 Å². The van der Waals surface area contributed by atoms with E-state index in [1.165, 1.54) is 56.2 Å². The molecule has 1 rings (SSSR count). The van der Waals surface area contributed by atoms with Gasteiger partial charge in [0.2, 0.25) is 0 Å². The van der Waals surface area contributed by atoms with Gasteiger partial charge in [0.15, 0.2) is 0 Å². The van der Waals surface area contributed by atoms with E-state index < -0.39 is 0 Å². The van der Waals surface area contributed by atoms with Gasteiger partial charge in [0, 0.05) is 10.9 Å². The molecule has 1 unspecified atom stereocenters. The van der Waals surface area contributed by atoms with Crippen LogP contribution >= 0.6 is 11.3 Å². The van der Waals surface area contributed by atoms with Crippen molar-refractivity contribution in [3.63, 3.8) is 0 Å². The van der Waals surface area contributed by atoms with Crippen LogP contribution in [0.2, 0.25) is 0 Å². The summed E-state index contributed by atoms with van der Waals surface area (Å²) in [7, 11) is 2.08. The highest BCUT2D eigenvalue weighted by atomic mass is 32.1. The SMILES string of the molecule is CCCCCCCCCC(NC)c1cccs1. The van der Waals surface area contributed by atoms with Crippen LogP contribution in [0.4, 0.5) is 0 Å². The molecule has 0 fully saturated rings. The monoisotopic (exact) mass is 253 g/mol. The number of hydrogen-bond acceptors (Lipinski definition) is 2. The molecule has 0 saturated heterocycles. The molecule has 0 spiro atoms. The van der Waals surface area contributed by atoms with Crippen LogP contribution in [0.1, 0.15) is 69.2 Å². The standard InChI is InChI=1S/C15H27NS/c1-3-4-5-6-7-8-9-11-14(16-2)15-12-10-13-17-15/h10,12-14,16H,3-9,11H2,1-2H3. The van der Waals surface area contributed by atoms with Gasteiger partial charge < -0.3 is 5.32 Å². The largest absolute Gasteiger partial charge is 0.312 e. The summed E-state index contributed by atoms with van der Waals surface area (Å²) in [6.07, 6.45) is 11.1. The molecule has 1 nitrogen and oxygen atoms in total. The van der Waals surface area contributed by atoms with Gasteiger partial charge in [0.05, 0.1) is 0 Å². The second-order valence-corrected chi connectivity index (χ2v) is 5.75. The Kier molecular flexibility index (Phi) is 8.37. The number of unbranched alkanes of at least 4 members (excludes halogenated alkanes) is 6. The van der Waals surface area contributed by atoms with Crippen molar-refractivity contribution in [2.45, 2.75) is 64.3 Å². The molecule has 0 amide bonds. The lowest BCUT2D eigenvalue weighted by Crippen LogP contribution is -2.14. The average molecular weight is 253 g/mol. The van der Waals surface area contributed by atoms with Gasteiger partial charge in [-0.25, -0.2) is 0 Å². The summed E-state index contributed by atoms with van der Waals surface area (Å²) in [5.74, 6) is 0. The van der Waals surface area contributed by atoms with Crippen molar-refractivity contribution in [1.82, 2.24) is 5.32 Å². The smallest absolute Gasteiger partial charge is 0.0412 e. The first-order valence-corrected chi connectivity index (χ1v) is 7.97. The van der Waals surface area contributed by atoms with Crippen molar-refractivity contribution in [3.05, 3.63) is 22.4 Å². The van der Waals surface area contributed by atoms with Crippen molar-refractivity contribution >= 4 is 11.3 Å². The van der Waals surface area contributed by atoms with E-state index in [1.54, 1.807) is 0 Å². The zero-order chi connectivity index (χ0) is 12.3. The summed E-state index contributed by atoms with van der Waals surface area (Å²) in [6, 6.07) is 4.97. The molecule has 17 heavy (non-hydrogen) atoms. The summed E-state index contributed by atoms with van der Waals surface area (Å²) >= 11 is 1.87. The van der Waals surface area contributed by atoms with E-state index in [-0.39, 0.29) is 0 Å². The summed E-state index contributed by atoms with van der Waals surface area (Å²) in [4.78, 5) is 1.48. The van der Waals surface area contributed by atoms with Crippen molar-refractivity contribution in [3.8, 4) is 0 Å². The van der Waals surface area contributed by atoms with E-state index >= 15 is 0 Å². The highest BCUT2D eigenvalue weighted by Crippen LogP contribution is 2.24. The predicted octanol–water partition coefficient (Wildman–Crippen LogP) is 5.15. The molecule has 0 aliphatic carbocycles. The van der Waals surface area contributed by atoms with E-state index in [2.05, 4.69) is 36.8 Å². The lowest BCUT2D eigenvalue weighted by atomic mass is 10.0. The van der Waals surface area contributed by atoms with E-state index in [1.807, 2.05) is 11.3 Å². The van der Waals surface area contributed by atoms with Crippen molar-refractivity contribution in [2.24, 2.45) is 0 Å². The molecule has 0 bridgehead atoms. The Bertz CT molecular complexity index is 256. The number of hydrogen-bond donors (Lipinski definition) is 1. The minimum absolute atomic E-state index is 0.575. The van der Waals surface area contributed by atoms with Gasteiger partial charge in [0.25, 0.3) is 0 Å². The van der Waals surface area contributed by atoms with Crippen LogP contribution in [0, 0.1) is 0 Å². The Morgan fingerprint density at radius 3 is 2.41 bits per heavy atom. The highest BCUT2D eigenvalue weighted by Gasteiger charge is 2.08. The zero-order valence-electron chi connectivity index (χ0n) is 11.4. The molecule has 98 valence electrons. The van der Waals surface area contributed by atoms with Crippen LogP contribution in [-0.2, 0) is 0 Å². The van der Waals surface area contributed by atoms with Gasteiger partial charge in [-0.05, 0) is 24.9 Å². The molecule has 1 atom stereocenters. The minimum Gasteiger partial charge on any atom is -0.312 e. The quantitative estimate of drug-likeness (QED) is 0.569. The zero-order valence-corrected chi connectivity index (χ0v) is 12.2. The first kappa shape index (κ1) is 14.7. The number of rotatable bonds is 10. The minimum atomic E-state index is 0.575. The van der Waals surface area contributed by atoms with Crippen LogP contribution in [0.3, 0.4) is 0 Å². The maximum Gasteiger partial charge on any atom is 0.0412 e. The third kappa shape index (κ3) is 6.23. The fourth-order valence-corrected chi connectivity index (χ4v) is 3.10. The Labute approximate surface area is 111 Å². The van der Waals surface area contributed by atoms with Crippen LogP contribution in [0.5, 0.6) is 0 Å². The summed E-state index contributed by atoms with van der Waals surface area (Å²) < 4.78 is 0. The van der Waals surface area contributed by atoms with Crippen molar-refractivity contribution in [2.75, 3.05) is 7.05 Å². The topological polar surface area (TPSA) is 12.0 Å². The van der Waals surface area contributed by atoms with E-state index in [0.29, 0.717) is 6.04 Å². The molecule has 0 aliphatic heterocycles. The van der Waals surface area contributed by atoms with Crippen molar-refractivity contribution in [1.29, 1.82) is 0 Å². The molecule has 1 aromatic rings. The van der Waals surface area contributed by atoms with Gasteiger partial charge >= 0.3 is 0 Å². The average Bonchev–Trinajstić information content (AvgIpc) is 2.86. The van der Waals surface area contributed by atoms with Gasteiger partial charge in [-0.3, -0.25) is 0 Å². The normalized spacial score (nSPS) is 12.8. The molecular weight excluding hydrogens is 226 g/mol. The first-order chi connectivity index (χ1) is 8.38. The molecule has 0 saturated carbocycles. The van der Waals surface area contributed by atoms with Gasteiger partial charge in [0.1, 0.15) is 0 Å². The Morgan fingerprint density at radius 2 is 1.82 bits per heavy atom. The van der Waals surface area contributed by atoms with Crippen LogP contribution < -0.4 is 5.32 Å². The maximum absolute atomic E-state index is 3.43. The highest BCUT2D eigenvalue weighted by molar-refractivity contribution is 7.10. The summed E-state index contributed by atoms with van der Waals surface area (Å²) in [5, 5.41) is 5.60. The second kappa shape index (κ2) is 9.67. The van der Waals surface area contributed by atoms with Gasteiger partial charge in [-0.1, -0.05) is 57.9 Å². The van der Waals surface area contributed by atoms with E-state index in [4.69, 9.17) is 0 Å². The molecule has 0 radical (unpaired) electrons. The summed E-state index contributed by atoms with van der Waals surface area (Å²) in [6.45, 7) is 2.28. The third-order valence-corrected chi connectivity index (χ3v) is 4.32. The molecule has 2 heteroatoms. The fraction of sp³-hybridized carbons (Fsp3) is 0.733. The molecule has 1 aromatic heterocycles. The van der Waals surface area contributed by atoms with Crippen LogP contribution in [0.15, 0.2) is 17.5 Å². The lowest BCUT2D eigenvalue weighted by molar-refractivity contribution is 0.501. The molecule has 0 aliphatic rings. The lowest BCUT2D eigenvalue weighted by Gasteiger charge is -2.14. The molecule has 0 aromatic carbocycles.